The number of benzene rings is 1. The fraction of sp³-hybridized carbons (Fsp3) is 0.105. The van der Waals surface area contributed by atoms with Gasteiger partial charge in [0.2, 0.25) is 0 Å². The van der Waals surface area contributed by atoms with Gasteiger partial charge in [-0.2, -0.15) is 35.8 Å². The number of alkyl halides is 3. The first-order valence-corrected chi connectivity index (χ1v) is 9.99. The molecular weight excluding hydrogens is 407 g/mol. The molecule has 0 atom stereocenters. The lowest BCUT2D eigenvalue weighted by Gasteiger charge is -2.11. The molecule has 0 bridgehead atoms. The van der Waals surface area contributed by atoms with Crippen molar-refractivity contribution in [3.8, 4) is 33.6 Å². The van der Waals surface area contributed by atoms with Gasteiger partial charge in [-0.25, -0.2) is 9.67 Å². The molecule has 9 heteroatoms. The molecule has 0 radical (unpaired) electrons. The SMILES string of the molecule is O=c1cnc(-c2cc(-c3ccsc3)cc(-c3ccsc3)c2)nn1CC(F)(F)F. The van der Waals surface area contributed by atoms with Crippen LogP contribution < -0.4 is 5.56 Å². The number of nitrogens with zero attached hydrogens (tertiary/aromatic N) is 3. The van der Waals surface area contributed by atoms with E-state index in [1.165, 1.54) is 0 Å². The number of rotatable bonds is 4. The van der Waals surface area contributed by atoms with E-state index in [9.17, 15) is 18.0 Å². The molecule has 0 aliphatic carbocycles. The second-order valence-corrected chi connectivity index (χ2v) is 7.58. The Morgan fingerprint density at radius 2 is 1.46 bits per heavy atom. The van der Waals surface area contributed by atoms with Crippen LogP contribution in [0.1, 0.15) is 0 Å². The summed E-state index contributed by atoms with van der Waals surface area (Å²) in [6, 6.07) is 9.57. The Morgan fingerprint density at radius 3 is 1.96 bits per heavy atom. The van der Waals surface area contributed by atoms with Crippen molar-refractivity contribution in [2.45, 2.75) is 12.7 Å². The van der Waals surface area contributed by atoms with Crippen molar-refractivity contribution in [1.82, 2.24) is 14.8 Å². The van der Waals surface area contributed by atoms with E-state index in [1.807, 2.05) is 51.9 Å². The van der Waals surface area contributed by atoms with Crippen LogP contribution >= 0.6 is 22.7 Å². The van der Waals surface area contributed by atoms with E-state index in [2.05, 4.69) is 10.1 Å². The van der Waals surface area contributed by atoms with Crippen molar-refractivity contribution in [3.05, 3.63) is 68.4 Å². The Balaban J connectivity index is 1.85. The van der Waals surface area contributed by atoms with E-state index in [-0.39, 0.29) is 5.82 Å². The van der Waals surface area contributed by atoms with Crippen LogP contribution in [0, 0.1) is 0 Å². The lowest BCUT2D eigenvalue weighted by atomic mass is 9.98. The highest BCUT2D eigenvalue weighted by molar-refractivity contribution is 7.08. The molecule has 0 N–H and O–H groups in total. The number of thiophene rings is 2. The quantitative estimate of drug-likeness (QED) is 0.450. The summed E-state index contributed by atoms with van der Waals surface area (Å²) in [6.45, 7) is -1.46. The predicted octanol–water partition coefficient (Wildman–Crippen LogP) is 5.32. The first kappa shape index (κ1) is 18.6. The molecule has 3 heterocycles. The van der Waals surface area contributed by atoms with Gasteiger partial charge in [-0.05, 0) is 74.1 Å². The second kappa shape index (κ2) is 7.33. The summed E-state index contributed by atoms with van der Waals surface area (Å²) in [5.41, 5.74) is 3.43. The zero-order chi connectivity index (χ0) is 19.7. The predicted molar refractivity (Wildman–Crippen MR) is 104 cm³/mol. The monoisotopic (exact) mass is 419 g/mol. The molecule has 0 unspecified atom stereocenters. The summed E-state index contributed by atoms with van der Waals surface area (Å²) in [4.78, 5) is 15.7. The van der Waals surface area contributed by atoms with Gasteiger partial charge >= 0.3 is 6.18 Å². The van der Waals surface area contributed by atoms with Crippen molar-refractivity contribution in [2.24, 2.45) is 0 Å². The van der Waals surface area contributed by atoms with Gasteiger partial charge in [-0.15, -0.1) is 5.10 Å². The topological polar surface area (TPSA) is 47.8 Å². The Labute approximate surface area is 165 Å². The summed E-state index contributed by atoms with van der Waals surface area (Å²) < 4.78 is 38.6. The molecule has 0 saturated heterocycles. The molecule has 4 aromatic rings. The van der Waals surface area contributed by atoms with Gasteiger partial charge in [0.15, 0.2) is 5.82 Å². The van der Waals surface area contributed by atoms with Crippen LogP contribution in [0.5, 0.6) is 0 Å². The maximum absolute atomic E-state index is 12.7. The normalized spacial score (nSPS) is 11.7. The van der Waals surface area contributed by atoms with Gasteiger partial charge < -0.3 is 0 Å². The van der Waals surface area contributed by atoms with Gasteiger partial charge in [0.05, 0.1) is 6.20 Å². The fourth-order valence-electron chi connectivity index (χ4n) is 2.74. The lowest BCUT2D eigenvalue weighted by Crippen LogP contribution is -2.30. The molecule has 0 fully saturated rings. The lowest BCUT2D eigenvalue weighted by molar-refractivity contribution is -0.143. The maximum atomic E-state index is 12.7. The van der Waals surface area contributed by atoms with Crippen LogP contribution in [0.15, 0.2) is 62.8 Å². The molecule has 4 nitrogen and oxygen atoms in total. The number of hydrogen-bond donors (Lipinski definition) is 0. The molecule has 0 aliphatic heterocycles. The van der Waals surface area contributed by atoms with Crippen molar-refractivity contribution in [2.75, 3.05) is 0 Å². The van der Waals surface area contributed by atoms with E-state index in [4.69, 9.17) is 0 Å². The molecular formula is C19H12F3N3OS2. The average molecular weight is 419 g/mol. The maximum Gasteiger partial charge on any atom is 0.408 e. The number of hydrogen-bond acceptors (Lipinski definition) is 5. The molecule has 0 spiro atoms. The van der Waals surface area contributed by atoms with Crippen molar-refractivity contribution in [3.63, 3.8) is 0 Å². The van der Waals surface area contributed by atoms with E-state index in [1.54, 1.807) is 22.7 Å². The van der Waals surface area contributed by atoms with E-state index in [0.29, 0.717) is 10.2 Å². The fourth-order valence-corrected chi connectivity index (χ4v) is 4.07. The highest BCUT2D eigenvalue weighted by Crippen LogP contribution is 2.33. The summed E-state index contributed by atoms with van der Waals surface area (Å²) in [5, 5.41) is 11.7. The van der Waals surface area contributed by atoms with Gasteiger partial charge in [0.1, 0.15) is 6.54 Å². The largest absolute Gasteiger partial charge is 0.408 e. The zero-order valence-corrected chi connectivity index (χ0v) is 15.8. The van der Waals surface area contributed by atoms with Crippen molar-refractivity contribution >= 4 is 22.7 Å². The zero-order valence-electron chi connectivity index (χ0n) is 14.2. The van der Waals surface area contributed by atoms with E-state index in [0.717, 1.165) is 28.5 Å². The first-order valence-electron chi connectivity index (χ1n) is 8.10. The third kappa shape index (κ3) is 4.05. The molecule has 0 amide bonds. The molecule has 3 aromatic heterocycles. The van der Waals surface area contributed by atoms with Crippen LogP contribution in [0.4, 0.5) is 13.2 Å². The van der Waals surface area contributed by atoms with Gasteiger partial charge in [0, 0.05) is 5.56 Å². The molecule has 142 valence electrons. The number of halogens is 3. The third-order valence-electron chi connectivity index (χ3n) is 4.00. The summed E-state index contributed by atoms with van der Waals surface area (Å²) in [6.07, 6.45) is -3.68. The van der Waals surface area contributed by atoms with Gasteiger partial charge in [-0.1, -0.05) is 0 Å². The van der Waals surface area contributed by atoms with E-state index < -0.39 is 18.3 Å². The van der Waals surface area contributed by atoms with Crippen LogP contribution in [-0.4, -0.2) is 20.9 Å². The standard InChI is InChI=1S/C19H12F3N3OS2/c20-19(21,22)11-25-17(26)8-23-18(24-25)16-6-14(12-1-3-27-9-12)5-15(7-16)13-2-4-28-10-13/h1-10H,11H2. The first-order chi connectivity index (χ1) is 13.4. The van der Waals surface area contributed by atoms with Crippen LogP contribution in [0.3, 0.4) is 0 Å². The molecule has 4 rings (SSSR count). The molecule has 1 aromatic carbocycles. The Kier molecular flexibility index (Phi) is 4.86. The Morgan fingerprint density at radius 1 is 0.893 bits per heavy atom. The highest BCUT2D eigenvalue weighted by Gasteiger charge is 2.29. The molecule has 0 saturated carbocycles. The smallest absolute Gasteiger partial charge is 0.266 e. The van der Waals surface area contributed by atoms with Crippen LogP contribution in [0.2, 0.25) is 0 Å². The Hall–Kier alpha value is -2.78. The van der Waals surface area contributed by atoms with Gasteiger partial charge in [0.25, 0.3) is 5.56 Å². The summed E-state index contributed by atoms with van der Waals surface area (Å²) in [7, 11) is 0. The highest BCUT2D eigenvalue weighted by atomic mass is 32.1. The Bertz CT molecular complexity index is 1100. The minimum absolute atomic E-state index is 0.0670. The van der Waals surface area contributed by atoms with Crippen molar-refractivity contribution in [1.29, 1.82) is 0 Å². The van der Waals surface area contributed by atoms with E-state index >= 15 is 0 Å². The minimum Gasteiger partial charge on any atom is -0.266 e. The number of aromatic nitrogens is 3. The second-order valence-electron chi connectivity index (χ2n) is 6.02. The van der Waals surface area contributed by atoms with Crippen LogP contribution in [0.25, 0.3) is 33.6 Å². The van der Waals surface area contributed by atoms with Gasteiger partial charge in [-0.3, -0.25) is 4.79 Å². The summed E-state index contributed by atoms with van der Waals surface area (Å²) in [5.74, 6) is 0.0670. The molecule has 0 aliphatic rings. The average Bonchev–Trinajstić information content (AvgIpc) is 3.36. The van der Waals surface area contributed by atoms with Crippen molar-refractivity contribution < 1.29 is 13.2 Å². The minimum atomic E-state index is -4.55. The summed E-state index contributed by atoms with van der Waals surface area (Å²) >= 11 is 3.10. The third-order valence-corrected chi connectivity index (χ3v) is 5.36. The molecule has 28 heavy (non-hydrogen) atoms. The van der Waals surface area contributed by atoms with Crippen LogP contribution in [-0.2, 0) is 6.54 Å².